The molecule has 2 aromatic heterocycles. The minimum atomic E-state index is 0.0266. The van der Waals surface area contributed by atoms with E-state index >= 15 is 0 Å². The SMILES string of the molecule is CCn1c(=O)c(C2CC=CS2)cc2c(C)nc(N)nc21. The number of anilines is 1. The van der Waals surface area contributed by atoms with E-state index in [0.717, 1.165) is 23.1 Å². The van der Waals surface area contributed by atoms with E-state index in [0.29, 0.717) is 12.2 Å². The van der Waals surface area contributed by atoms with E-state index in [4.69, 9.17) is 5.73 Å². The van der Waals surface area contributed by atoms with Gasteiger partial charge in [0.15, 0.2) is 0 Å². The molecule has 104 valence electrons. The molecule has 3 heterocycles. The van der Waals surface area contributed by atoms with Crippen molar-refractivity contribution in [3.63, 3.8) is 0 Å². The fourth-order valence-corrected chi connectivity index (χ4v) is 3.49. The van der Waals surface area contributed by atoms with E-state index in [1.807, 2.05) is 19.9 Å². The molecule has 0 aliphatic carbocycles. The molecule has 1 unspecified atom stereocenters. The summed E-state index contributed by atoms with van der Waals surface area (Å²) in [5.41, 5.74) is 8.00. The number of rotatable bonds is 2. The first-order valence-electron chi connectivity index (χ1n) is 6.60. The van der Waals surface area contributed by atoms with Gasteiger partial charge in [-0.2, -0.15) is 4.98 Å². The lowest BCUT2D eigenvalue weighted by Gasteiger charge is -2.15. The predicted octanol–water partition coefficient (Wildman–Crippen LogP) is 2.39. The molecule has 3 rings (SSSR count). The van der Waals surface area contributed by atoms with Gasteiger partial charge in [0, 0.05) is 22.7 Å². The summed E-state index contributed by atoms with van der Waals surface area (Å²) in [6, 6.07) is 1.93. The number of hydrogen-bond acceptors (Lipinski definition) is 5. The molecule has 0 fully saturated rings. The Kier molecular flexibility index (Phi) is 3.25. The number of aryl methyl sites for hydroxylation is 2. The fraction of sp³-hybridized carbons (Fsp3) is 0.357. The monoisotopic (exact) mass is 288 g/mol. The van der Waals surface area contributed by atoms with Crippen LogP contribution >= 0.6 is 11.8 Å². The van der Waals surface area contributed by atoms with Gasteiger partial charge in [0.2, 0.25) is 5.95 Å². The molecule has 6 heteroatoms. The quantitative estimate of drug-likeness (QED) is 0.918. The van der Waals surface area contributed by atoms with Crippen LogP contribution in [0.2, 0.25) is 0 Å². The van der Waals surface area contributed by atoms with Crippen LogP contribution in [0, 0.1) is 6.92 Å². The van der Waals surface area contributed by atoms with Crippen LogP contribution < -0.4 is 11.3 Å². The second kappa shape index (κ2) is 4.94. The highest BCUT2D eigenvalue weighted by molar-refractivity contribution is 8.02. The Labute approximate surface area is 120 Å². The number of nitrogen functional groups attached to an aromatic ring is 1. The van der Waals surface area contributed by atoms with E-state index in [1.165, 1.54) is 0 Å². The number of thioether (sulfide) groups is 1. The third-order valence-electron chi connectivity index (χ3n) is 3.53. The normalized spacial score (nSPS) is 18.0. The number of fused-ring (bicyclic) bond motifs is 1. The van der Waals surface area contributed by atoms with Crippen molar-refractivity contribution in [3.05, 3.63) is 39.2 Å². The molecule has 0 amide bonds. The number of nitrogens with zero attached hydrogens (tertiary/aromatic N) is 3. The summed E-state index contributed by atoms with van der Waals surface area (Å²) < 4.78 is 1.69. The van der Waals surface area contributed by atoms with Crippen molar-refractivity contribution in [3.8, 4) is 0 Å². The van der Waals surface area contributed by atoms with E-state index in [9.17, 15) is 4.79 Å². The van der Waals surface area contributed by atoms with Gasteiger partial charge in [-0.1, -0.05) is 6.08 Å². The first-order valence-corrected chi connectivity index (χ1v) is 7.54. The maximum atomic E-state index is 12.6. The van der Waals surface area contributed by atoms with Gasteiger partial charge in [-0.25, -0.2) is 4.98 Å². The maximum Gasteiger partial charge on any atom is 0.256 e. The van der Waals surface area contributed by atoms with Gasteiger partial charge in [-0.15, -0.1) is 11.8 Å². The van der Waals surface area contributed by atoms with Crippen LogP contribution in [0.4, 0.5) is 5.95 Å². The molecular weight excluding hydrogens is 272 g/mol. The Morgan fingerprint density at radius 3 is 2.95 bits per heavy atom. The fourth-order valence-electron chi connectivity index (χ4n) is 2.54. The Hall–Kier alpha value is -1.82. The average molecular weight is 288 g/mol. The van der Waals surface area contributed by atoms with Crippen molar-refractivity contribution in [1.82, 2.24) is 14.5 Å². The number of aromatic nitrogens is 3. The van der Waals surface area contributed by atoms with E-state index in [1.54, 1.807) is 16.3 Å². The minimum absolute atomic E-state index is 0.0266. The topological polar surface area (TPSA) is 73.8 Å². The summed E-state index contributed by atoms with van der Waals surface area (Å²) in [5, 5.41) is 3.15. The number of pyridine rings is 1. The second-order valence-electron chi connectivity index (χ2n) is 4.79. The van der Waals surface area contributed by atoms with Gasteiger partial charge < -0.3 is 5.73 Å². The molecule has 2 aromatic rings. The van der Waals surface area contributed by atoms with Gasteiger partial charge in [-0.05, 0) is 31.7 Å². The molecule has 20 heavy (non-hydrogen) atoms. The summed E-state index contributed by atoms with van der Waals surface area (Å²) in [7, 11) is 0. The Morgan fingerprint density at radius 2 is 2.30 bits per heavy atom. The molecule has 0 aromatic carbocycles. The third-order valence-corrected chi connectivity index (χ3v) is 4.66. The van der Waals surface area contributed by atoms with Gasteiger partial charge in [0.05, 0.1) is 5.69 Å². The molecule has 0 radical (unpaired) electrons. The van der Waals surface area contributed by atoms with Crippen molar-refractivity contribution in [1.29, 1.82) is 0 Å². The molecule has 0 saturated carbocycles. The van der Waals surface area contributed by atoms with Gasteiger partial charge in [-0.3, -0.25) is 9.36 Å². The van der Waals surface area contributed by atoms with Crippen molar-refractivity contribution < 1.29 is 0 Å². The summed E-state index contributed by atoms with van der Waals surface area (Å²) in [4.78, 5) is 21.1. The lowest BCUT2D eigenvalue weighted by molar-refractivity contribution is 0.733. The third kappa shape index (κ3) is 2.00. The highest BCUT2D eigenvalue weighted by Crippen LogP contribution is 2.37. The molecule has 2 N–H and O–H groups in total. The Bertz CT molecular complexity index is 758. The van der Waals surface area contributed by atoms with Gasteiger partial charge in [0.25, 0.3) is 5.56 Å². The lowest BCUT2D eigenvalue weighted by atomic mass is 10.1. The molecule has 0 bridgehead atoms. The summed E-state index contributed by atoms with van der Waals surface area (Å²) >= 11 is 1.69. The van der Waals surface area contributed by atoms with Crippen LogP contribution in [-0.4, -0.2) is 14.5 Å². The van der Waals surface area contributed by atoms with Crippen LogP contribution in [0.25, 0.3) is 11.0 Å². The van der Waals surface area contributed by atoms with Crippen LogP contribution in [0.5, 0.6) is 0 Å². The van der Waals surface area contributed by atoms with E-state index in [-0.39, 0.29) is 16.8 Å². The van der Waals surface area contributed by atoms with Crippen molar-refractivity contribution in [2.24, 2.45) is 0 Å². The van der Waals surface area contributed by atoms with Crippen LogP contribution in [0.15, 0.2) is 22.3 Å². The van der Waals surface area contributed by atoms with Crippen LogP contribution in [-0.2, 0) is 6.54 Å². The number of hydrogen-bond donors (Lipinski definition) is 1. The van der Waals surface area contributed by atoms with E-state index in [2.05, 4.69) is 21.5 Å². The largest absolute Gasteiger partial charge is 0.368 e. The summed E-state index contributed by atoms with van der Waals surface area (Å²) in [6.07, 6.45) is 2.99. The molecule has 1 aliphatic rings. The molecule has 0 spiro atoms. The van der Waals surface area contributed by atoms with Crippen molar-refractivity contribution in [2.45, 2.75) is 32.1 Å². The summed E-state index contributed by atoms with van der Waals surface area (Å²) in [6.45, 7) is 4.41. The average Bonchev–Trinajstić information content (AvgIpc) is 2.92. The zero-order valence-electron chi connectivity index (χ0n) is 11.5. The molecule has 0 saturated heterocycles. The van der Waals surface area contributed by atoms with Crippen LogP contribution in [0.1, 0.15) is 29.9 Å². The van der Waals surface area contributed by atoms with Crippen molar-refractivity contribution in [2.75, 3.05) is 5.73 Å². The lowest BCUT2D eigenvalue weighted by Crippen LogP contribution is -2.25. The maximum absolute atomic E-state index is 12.6. The first-order chi connectivity index (χ1) is 9.61. The molecule has 1 atom stereocenters. The zero-order chi connectivity index (χ0) is 14.3. The predicted molar refractivity (Wildman–Crippen MR) is 82.7 cm³/mol. The molecule has 5 nitrogen and oxygen atoms in total. The Balaban J connectivity index is 2.33. The van der Waals surface area contributed by atoms with Gasteiger partial charge >= 0.3 is 0 Å². The van der Waals surface area contributed by atoms with Crippen LogP contribution in [0.3, 0.4) is 0 Å². The highest BCUT2D eigenvalue weighted by atomic mass is 32.2. The van der Waals surface area contributed by atoms with E-state index < -0.39 is 0 Å². The smallest absolute Gasteiger partial charge is 0.256 e. The van der Waals surface area contributed by atoms with Crippen molar-refractivity contribution >= 4 is 28.7 Å². The molecule has 1 aliphatic heterocycles. The summed E-state index contributed by atoms with van der Waals surface area (Å²) in [5.74, 6) is 0.209. The number of allylic oxidation sites excluding steroid dienone is 1. The first kappa shape index (κ1) is 13.2. The Morgan fingerprint density at radius 1 is 1.50 bits per heavy atom. The molecular formula is C14H16N4OS. The zero-order valence-corrected chi connectivity index (χ0v) is 12.3. The number of nitrogens with two attached hydrogens (primary N) is 1. The van der Waals surface area contributed by atoms with Gasteiger partial charge in [0.1, 0.15) is 5.65 Å². The highest BCUT2D eigenvalue weighted by Gasteiger charge is 2.21. The second-order valence-corrected chi connectivity index (χ2v) is 5.90. The standard InChI is InChI=1S/C14H16N4OS/c1-3-18-12-9(8(2)16-14(15)17-12)7-10(13(18)19)11-5-4-6-20-11/h4,6-7,11H,3,5H2,1-2H3,(H2,15,16,17). The minimum Gasteiger partial charge on any atom is -0.368 e.